The fraction of sp³-hybridized carbons (Fsp3) is 0.450. The Bertz CT molecular complexity index is 858. The normalized spacial score (nSPS) is 14.6. The molecule has 0 aliphatic carbocycles. The van der Waals surface area contributed by atoms with E-state index in [1.165, 1.54) is 0 Å². The van der Waals surface area contributed by atoms with E-state index in [-0.39, 0.29) is 23.8 Å². The van der Waals surface area contributed by atoms with Gasteiger partial charge in [0, 0.05) is 32.6 Å². The number of benzene rings is 1. The van der Waals surface area contributed by atoms with Gasteiger partial charge < -0.3 is 24.9 Å². The summed E-state index contributed by atoms with van der Waals surface area (Å²) in [6.07, 6.45) is 2.75. The van der Waals surface area contributed by atoms with Gasteiger partial charge in [-0.3, -0.25) is 9.36 Å². The van der Waals surface area contributed by atoms with Crippen molar-refractivity contribution in [3.05, 3.63) is 51.6 Å². The van der Waals surface area contributed by atoms with Crippen LogP contribution < -0.4 is 15.6 Å². The van der Waals surface area contributed by atoms with Crippen molar-refractivity contribution in [2.24, 2.45) is 0 Å². The van der Waals surface area contributed by atoms with Crippen LogP contribution in [0.2, 0.25) is 0 Å². The fourth-order valence-electron chi connectivity index (χ4n) is 3.20. The van der Waals surface area contributed by atoms with Crippen molar-refractivity contribution in [3.8, 4) is 5.75 Å². The summed E-state index contributed by atoms with van der Waals surface area (Å²) in [7, 11) is 3.18. The van der Waals surface area contributed by atoms with Crippen LogP contribution in [0, 0.1) is 5.41 Å². The lowest BCUT2D eigenvalue weighted by atomic mass is 10.1. The van der Waals surface area contributed by atoms with Gasteiger partial charge >= 0.3 is 0 Å². The van der Waals surface area contributed by atoms with Gasteiger partial charge in [-0.05, 0) is 30.5 Å². The number of hydrogen-bond donors (Lipinski definition) is 2. The summed E-state index contributed by atoms with van der Waals surface area (Å²) in [4.78, 5) is 17.7. The number of ether oxygens (including phenoxy) is 3. The number of anilines is 1. The molecule has 0 spiro atoms. The topological polar surface area (TPSA) is 98.5 Å². The number of nitrogens with one attached hydrogen (secondary N) is 2. The summed E-state index contributed by atoms with van der Waals surface area (Å²) in [5.41, 5.74) is 0.922. The molecule has 1 aliphatic rings. The van der Waals surface area contributed by atoms with Gasteiger partial charge in [0.1, 0.15) is 24.0 Å². The molecule has 1 aromatic heterocycles. The second-order valence-corrected chi connectivity index (χ2v) is 6.64. The molecule has 3 rings (SSSR count). The monoisotopic (exact) mass is 386 g/mol. The molecular formula is C20H26N4O4. The van der Waals surface area contributed by atoms with Crippen molar-refractivity contribution in [2.45, 2.75) is 32.0 Å². The number of rotatable bonds is 8. The minimum absolute atomic E-state index is 0.173. The third-order valence-electron chi connectivity index (χ3n) is 4.76. The maximum absolute atomic E-state index is 13.1. The zero-order chi connectivity index (χ0) is 19.9. The number of aromatic nitrogens is 2. The van der Waals surface area contributed by atoms with Gasteiger partial charge in [-0.25, -0.2) is 4.98 Å². The molecule has 2 heterocycles. The van der Waals surface area contributed by atoms with Crippen molar-refractivity contribution >= 4 is 12.0 Å². The number of nitrogens with zero attached hydrogens (tertiary/aromatic N) is 2. The minimum atomic E-state index is -0.262. The van der Waals surface area contributed by atoms with Crippen molar-refractivity contribution in [3.63, 3.8) is 0 Å². The molecule has 8 heteroatoms. The molecule has 1 aromatic carbocycles. The average Bonchev–Trinajstić information content (AvgIpc) is 2.72. The van der Waals surface area contributed by atoms with Gasteiger partial charge in [-0.2, -0.15) is 0 Å². The van der Waals surface area contributed by atoms with Crippen molar-refractivity contribution in [1.29, 1.82) is 5.41 Å². The predicted octanol–water partition coefficient (Wildman–Crippen LogP) is 2.04. The number of hydrogen-bond acceptors (Lipinski definition) is 7. The Kier molecular flexibility index (Phi) is 6.78. The molecule has 0 radical (unpaired) electrons. The first kappa shape index (κ1) is 20.0. The third-order valence-corrected chi connectivity index (χ3v) is 4.76. The lowest BCUT2D eigenvalue weighted by Gasteiger charge is -2.25. The molecule has 1 aliphatic heterocycles. The van der Waals surface area contributed by atoms with E-state index < -0.39 is 0 Å². The molecule has 150 valence electrons. The fourth-order valence-corrected chi connectivity index (χ4v) is 3.20. The smallest absolute Gasteiger partial charge is 0.264 e. The van der Waals surface area contributed by atoms with Crippen molar-refractivity contribution in [2.75, 3.05) is 32.8 Å². The molecule has 1 fully saturated rings. The van der Waals surface area contributed by atoms with E-state index in [1.54, 1.807) is 18.8 Å². The van der Waals surface area contributed by atoms with Crippen molar-refractivity contribution in [1.82, 2.24) is 9.55 Å². The third kappa shape index (κ3) is 4.58. The Labute approximate surface area is 164 Å². The van der Waals surface area contributed by atoms with Crippen LogP contribution in [-0.2, 0) is 22.6 Å². The zero-order valence-corrected chi connectivity index (χ0v) is 16.2. The Balaban J connectivity index is 1.95. The van der Waals surface area contributed by atoms with Crippen LogP contribution in [-0.4, -0.2) is 49.2 Å². The van der Waals surface area contributed by atoms with E-state index in [9.17, 15) is 4.79 Å². The van der Waals surface area contributed by atoms with Crippen molar-refractivity contribution < 1.29 is 14.2 Å². The molecule has 2 N–H and O–H groups in total. The van der Waals surface area contributed by atoms with Gasteiger partial charge in [0.25, 0.3) is 5.56 Å². The van der Waals surface area contributed by atoms with Crippen LogP contribution in [0.25, 0.3) is 0 Å². The van der Waals surface area contributed by atoms with Gasteiger partial charge in [-0.15, -0.1) is 0 Å². The van der Waals surface area contributed by atoms with Crippen LogP contribution in [0.5, 0.6) is 5.75 Å². The standard InChI is InChI=1S/C20H26N4O4/c1-26-13-18-23-19(22-15-7-9-28-10-8-15)17(11-21)20(25)24(18)12-14-3-5-16(27-2)6-4-14/h3-6,11,15,21-22H,7-10,12-13H2,1-2H3. The SMILES string of the molecule is COCc1nc(NC2CCOCC2)c(C=N)c(=O)n1Cc1ccc(OC)cc1. The van der Waals surface area contributed by atoms with Crippen LogP contribution in [0.1, 0.15) is 29.8 Å². The second-order valence-electron chi connectivity index (χ2n) is 6.64. The van der Waals surface area contributed by atoms with Crippen LogP contribution in [0.15, 0.2) is 29.1 Å². The van der Waals surface area contributed by atoms with Crippen LogP contribution >= 0.6 is 0 Å². The largest absolute Gasteiger partial charge is 0.497 e. The Morgan fingerprint density at radius 3 is 2.61 bits per heavy atom. The minimum Gasteiger partial charge on any atom is -0.497 e. The summed E-state index contributed by atoms with van der Waals surface area (Å²) in [5.74, 6) is 1.70. The molecule has 0 unspecified atom stereocenters. The highest BCUT2D eigenvalue weighted by Gasteiger charge is 2.20. The van der Waals surface area contributed by atoms with E-state index in [1.807, 2.05) is 24.3 Å². The van der Waals surface area contributed by atoms with E-state index in [0.717, 1.165) is 30.4 Å². The summed E-state index contributed by atoms with van der Waals surface area (Å²) < 4.78 is 17.4. The predicted molar refractivity (Wildman–Crippen MR) is 107 cm³/mol. The van der Waals surface area contributed by atoms with Gasteiger partial charge in [0.05, 0.1) is 19.2 Å². The van der Waals surface area contributed by atoms with E-state index in [0.29, 0.717) is 31.4 Å². The zero-order valence-electron chi connectivity index (χ0n) is 16.2. The first-order valence-electron chi connectivity index (χ1n) is 9.26. The van der Waals surface area contributed by atoms with E-state index >= 15 is 0 Å². The average molecular weight is 386 g/mol. The lowest BCUT2D eigenvalue weighted by molar-refractivity contribution is 0.0903. The maximum atomic E-state index is 13.1. The van der Waals surface area contributed by atoms with Gasteiger partial charge in [0.2, 0.25) is 0 Å². The van der Waals surface area contributed by atoms with Gasteiger partial charge in [0.15, 0.2) is 0 Å². The van der Waals surface area contributed by atoms with E-state index in [4.69, 9.17) is 19.6 Å². The molecule has 0 amide bonds. The molecule has 28 heavy (non-hydrogen) atoms. The highest BCUT2D eigenvalue weighted by Crippen LogP contribution is 2.17. The Morgan fingerprint density at radius 2 is 2.00 bits per heavy atom. The molecule has 0 atom stereocenters. The highest BCUT2D eigenvalue weighted by atomic mass is 16.5. The molecule has 2 aromatic rings. The second kappa shape index (κ2) is 9.48. The number of methoxy groups -OCH3 is 2. The first-order valence-corrected chi connectivity index (χ1v) is 9.26. The molecule has 1 saturated heterocycles. The maximum Gasteiger partial charge on any atom is 0.264 e. The lowest BCUT2D eigenvalue weighted by Crippen LogP contribution is -2.34. The molecule has 0 saturated carbocycles. The summed E-state index contributed by atoms with van der Waals surface area (Å²) in [6, 6.07) is 7.68. The molecular weight excluding hydrogens is 360 g/mol. The highest BCUT2D eigenvalue weighted by molar-refractivity contribution is 5.83. The van der Waals surface area contributed by atoms with Gasteiger partial charge in [-0.1, -0.05) is 12.1 Å². The quantitative estimate of drug-likeness (QED) is 0.674. The summed E-state index contributed by atoms with van der Waals surface area (Å²) in [5, 5.41) is 11.1. The molecule has 0 bridgehead atoms. The van der Waals surface area contributed by atoms with Crippen LogP contribution in [0.4, 0.5) is 5.82 Å². The Hall–Kier alpha value is -2.71. The van der Waals surface area contributed by atoms with E-state index in [2.05, 4.69) is 10.3 Å². The summed E-state index contributed by atoms with van der Waals surface area (Å²) >= 11 is 0. The first-order chi connectivity index (χ1) is 13.7. The summed E-state index contributed by atoms with van der Waals surface area (Å²) in [6.45, 7) is 1.90. The molecule has 8 nitrogen and oxygen atoms in total. The Morgan fingerprint density at radius 1 is 1.29 bits per heavy atom. The van der Waals surface area contributed by atoms with Crippen LogP contribution in [0.3, 0.4) is 0 Å².